The highest BCUT2D eigenvalue weighted by molar-refractivity contribution is 5.89. The van der Waals surface area contributed by atoms with Crippen LogP contribution in [0, 0.1) is 25.7 Å². The Morgan fingerprint density at radius 3 is 2.52 bits per heavy atom. The van der Waals surface area contributed by atoms with Crippen molar-refractivity contribution in [1.29, 1.82) is 0 Å². The summed E-state index contributed by atoms with van der Waals surface area (Å²) in [5.41, 5.74) is 2.98. The second kappa shape index (κ2) is 8.50. The van der Waals surface area contributed by atoms with Gasteiger partial charge in [0, 0.05) is 5.69 Å². The zero-order valence-corrected chi connectivity index (χ0v) is 13.3. The molecular formula is C19H20N2O2. The van der Waals surface area contributed by atoms with Crippen molar-refractivity contribution in [3.8, 4) is 17.6 Å². The van der Waals surface area contributed by atoms with Gasteiger partial charge in [-0.3, -0.25) is 0 Å². The Morgan fingerprint density at radius 2 is 1.78 bits per heavy atom. The van der Waals surface area contributed by atoms with Crippen molar-refractivity contribution in [2.45, 2.75) is 13.8 Å². The molecule has 0 saturated carbocycles. The average molecular weight is 308 g/mol. The fourth-order valence-corrected chi connectivity index (χ4v) is 1.88. The molecule has 2 amide bonds. The molecule has 0 atom stereocenters. The third kappa shape index (κ3) is 5.76. The fourth-order valence-electron chi connectivity index (χ4n) is 1.88. The number of ether oxygens (including phenoxy) is 1. The Morgan fingerprint density at radius 1 is 1.04 bits per heavy atom. The van der Waals surface area contributed by atoms with E-state index in [1.165, 1.54) is 0 Å². The molecule has 0 heterocycles. The molecule has 118 valence electrons. The average Bonchev–Trinajstić information content (AvgIpc) is 2.54. The summed E-state index contributed by atoms with van der Waals surface area (Å²) in [5.74, 6) is 6.55. The number of benzene rings is 2. The maximum Gasteiger partial charge on any atom is 0.319 e. The van der Waals surface area contributed by atoms with Gasteiger partial charge < -0.3 is 15.4 Å². The van der Waals surface area contributed by atoms with Gasteiger partial charge in [-0.05, 0) is 37.6 Å². The van der Waals surface area contributed by atoms with E-state index < -0.39 is 0 Å². The van der Waals surface area contributed by atoms with Gasteiger partial charge in [0.1, 0.15) is 12.4 Å². The standard InChI is InChI=1S/C19H20N2O2/c1-15-9-11-17(12-10-15)21-19(22)20-13-5-6-14-23-18-8-4-3-7-16(18)2/h3-4,7-12H,13-14H2,1-2H3,(H2,20,21,22). The van der Waals surface area contributed by atoms with Crippen molar-refractivity contribution in [2.75, 3.05) is 18.5 Å². The number of anilines is 1. The van der Waals surface area contributed by atoms with Crippen LogP contribution in [0.4, 0.5) is 10.5 Å². The summed E-state index contributed by atoms with van der Waals surface area (Å²) in [7, 11) is 0. The maximum atomic E-state index is 11.7. The first-order valence-corrected chi connectivity index (χ1v) is 7.41. The van der Waals surface area contributed by atoms with Gasteiger partial charge in [0.2, 0.25) is 0 Å². The van der Waals surface area contributed by atoms with E-state index in [0.29, 0.717) is 6.61 Å². The van der Waals surface area contributed by atoms with Crippen LogP contribution in [0.3, 0.4) is 0 Å². The number of carbonyl (C=O) groups excluding carboxylic acids is 1. The SMILES string of the molecule is Cc1ccc(NC(=O)NCC#CCOc2ccccc2C)cc1. The highest BCUT2D eigenvalue weighted by Crippen LogP contribution is 2.15. The maximum absolute atomic E-state index is 11.7. The molecule has 0 aliphatic heterocycles. The number of carbonyl (C=O) groups is 1. The van der Waals surface area contributed by atoms with Gasteiger partial charge in [0.25, 0.3) is 0 Å². The van der Waals surface area contributed by atoms with Gasteiger partial charge >= 0.3 is 6.03 Å². The summed E-state index contributed by atoms with van der Waals surface area (Å²) in [6.07, 6.45) is 0. The second-order valence-electron chi connectivity index (χ2n) is 5.08. The first-order chi connectivity index (χ1) is 11.1. The van der Waals surface area contributed by atoms with Crippen LogP contribution in [0.2, 0.25) is 0 Å². The molecule has 23 heavy (non-hydrogen) atoms. The summed E-state index contributed by atoms with van der Waals surface area (Å²) in [6, 6.07) is 15.1. The van der Waals surface area contributed by atoms with E-state index in [4.69, 9.17) is 4.74 Å². The lowest BCUT2D eigenvalue weighted by atomic mass is 10.2. The minimum absolute atomic E-state index is 0.273. The summed E-state index contributed by atoms with van der Waals surface area (Å²) in [5, 5.41) is 5.42. The van der Waals surface area contributed by atoms with Crippen molar-refractivity contribution >= 4 is 11.7 Å². The lowest BCUT2D eigenvalue weighted by Crippen LogP contribution is -2.28. The van der Waals surface area contributed by atoms with E-state index in [2.05, 4.69) is 22.5 Å². The number of nitrogens with one attached hydrogen (secondary N) is 2. The van der Waals surface area contributed by atoms with Crippen LogP contribution >= 0.6 is 0 Å². The molecule has 0 saturated heterocycles. The molecule has 0 bridgehead atoms. The predicted molar refractivity (Wildman–Crippen MR) is 92.7 cm³/mol. The molecule has 0 fully saturated rings. The first kappa shape index (κ1) is 16.4. The third-order valence-electron chi connectivity index (χ3n) is 3.17. The quantitative estimate of drug-likeness (QED) is 0.849. The second-order valence-corrected chi connectivity index (χ2v) is 5.08. The van der Waals surface area contributed by atoms with Crippen LogP contribution < -0.4 is 15.4 Å². The third-order valence-corrected chi connectivity index (χ3v) is 3.17. The van der Waals surface area contributed by atoms with Crippen LogP contribution in [-0.4, -0.2) is 19.2 Å². The van der Waals surface area contributed by atoms with Gasteiger partial charge in [0.05, 0.1) is 6.54 Å². The number of amides is 2. The van der Waals surface area contributed by atoms with E-state index in [9.17, 15) is 4.79 Å². The van der Waals surface area contributed by atoms with E-state index in [0.717, 1.165) is 22.6 Å². The summed E-state index contributed by atoms with van der Waals surface area (Å²) in [4.78, 5) is 11.7. The Hall–Kier alpha value is -2.93. The Balaban J connectivity index is 1.68. The Kier molecular flexibility index (Phi) is 6.07. The highest BCUT2D eigenvalue weighted by Gasteiger charge is 1.99. The monoisotopic (exact) mass is 308 g/mol. The fraction of sp³-hybridized carbons (Fsp3) is 0.211. The summed E-state index contributed by atoms with van der Waals surface area (Å²) in [6.45, 7) is 4.55. The number of urea groups is 1. The molecule has 0 radical (unpaired) electrons. The minimum atomic E-state index is -0.275. The van der Waals surface area contributed by atoms with Crippen molar-refractivity contribution in [1.82, 2.24) is 5.32 Å². The first-order valence-electron chi connectivity index (χ1n) is 7.41. The molecule has 2 N–H and O–H groups in total. The van der Waals surface area contributed by atoms with E-state index in [-0.39, 0.29) is 12.6 Å². The van der Waals surface area contributed by atoms with E-state index in [1.807, 2.05) is 62.4 Å². The molecule has 2 aromatic carbocycles. The van der Waals surface area contributed by atoms with Crippen LogP contribution in [0.15, 0.2) is 48.5 Å². The largest absolute Gasteiger partial charge is 0.481 e. The topological polar surface area (TPSA) is 50.4 Å². The lowest BCUT2D eigenvalue weighted by Gasteiger charge is -2.05. The zero-order chi connectivity index (χ0) is 16.5. The molecule has 0 unspecified atom stereocenters. The molecule has 2 aromatic rings. The van der Waals surface area contributed by atoms with Gasteiger partial charge in [-0.1, -0.05) is 47.7 Å². The molecular weight excluding hydrogens is 288 g/mol. The molecule has 4 heteroatoms. The number of rotatable bonds is 4. The lowest BCUT2D eigenvalue weighted by molar-refractivity contribution is 0.253. The molecule has 4 nitrogen and oxygen atoms in total. The van der Waals surface area contributed by atoms with Gasteiger partial charge in [-0.2, -0.15) is 0 Å². The zero-order valence-electron chi connectivity index (χ0n) is 13.3. The van der Waals surface area contributed by atoms with E-state index in [1.54, 1.807) is 0 Å². The molecule has 0 spiro atoms. The summed E-state index contributed by atoms with van der Waals surface area (Å²) >= 11 is 0. The molecule has 0 aromatic heterocycles. The van der Waals surface area contributed by atoms with Crippen LogP contribution in [0.25, 0.3) is 0 Å². The normalized spacial score (nSPS) is 9.48. The minimum Gasteiger partial charge on any atom is -0.481 e. The number of para-hydroxylation sites is 1. The van der Waals surface area contributed by atoms with Crippen LogP contribution in [-0.2, 0) is 0 Å². The Labute approximate surface area is 136 Å². The van der Waals surface area contributed by atoms with Gasteiger partial charge in [0.15, 0.2) is 0 Å². The van der Waals surface area contributed by atoms with Crippen LogP contribution in [0.1, 0.15) is 11.1 Å². The molecule has 0 aliphatic carbocycles. The Bertz CT molecular complexity index is 712. The van der Waals surface area contributed by atoms with Crippen molar-refractivity contribution < 1.29 is 9.53 Å². The van der Waals surface area contributed by atoms with Crippen LogP contribution in [0.5, 0.6) is 5.75 Å². The molecule has 2 rings (SSSR count). The van der Waals surface area contributed by atoms with Gasteiger partial charge in [-0.25, -0.2) is 4.79 Å². The van der Waals surface area contributed by atoms with Crippen molar-refractivity contribution in [3.63, 3.8) is 0 Å². The van der Waals surface area contributed by atoms with Crippen molar-refractivity contribution in [3.05, 3.63) is 59.7 Å². The number of hydrogen-bond donors (Lipinski definition) is 2. The molecule has 0 aliphatic rings. The highest BCUT2D eigenvalue weighted by atomic mass is 16.5. The summed E-state index contributed by atoms with van der Waals surface area (Å²) < 4.78 is 5.55. The predicted octanol–water partition coefficient (Wildman–Crippen LogP) is 3.51. The van der Waals surface area contributed by atoms with E-state index >= 15 is 0 Å². The number of hydrogen-bond acceptors (Lipinski definition) is 2. The smallest absolute Gasteiger partial charge is 0.319 e. The van der Waals surface area contributed by atoms with Gasteiger partial charge in [-0.15, -0.1) is 0 Å². The van der Waals surface area contributed by atoms with Crippen molar-refractivity contribution in [2.24, 2.45) is 0 Å². The number of aryl methyl sites for hydroxylation is 2.